The average Bonchev–Trinajstić information content (AvgIpc) is 3.31. The number of nitrogens with one attached hydrogen (secondary N) is 1. The number of fused-ring (bicyclic) bond motifs is 5. The Bertz CT molecular complexity index is 1500. The van der Waals surface area contributed by atoms with Crippen molar-refractivity contribution in [3.63, 3.8) is 0 Å². The van der Waals surface area contributed by atoms with Crippen LogP contribution in [0.25, 0.3) is 0 Å². The summed E-state index contributed by atoms with van der Waals surface area (Å²) in [5.41, 5.74) is 6.54. The van der Waals surface area contributed by atoms with E-state index >= 15 is 0 Å². The first-order valence-corrected chi connectivity index (χ1v) is 12.2. The standard InChI is InChI=1S/C30H24N2O5/c33-30(34)25-7-3-6-24-27-23-5-2-1-4-20(23)16-26(27)28(31-29(24)25)19-10-14-22(15-11-19)37-17-18-8-12-21(13-9-18)32(35)36/h1-15,26-28,31H,16-17H2,(H,33,34)/t26-,27-,28+/m0/s1. The van der Waals surface area contributed by atoms with Gasteiger partial charge in [0.1, 0.15) is 12.4 Å². The first kappa shape index (κ1) is 22.8. The molecule has 7 nitrogen and oxygen atoms in total. The van der Waals surface area contributed by atoms with Crippen LogP contribution in [0.15, 0.2) is 91.0 Å². The second-order valence-electron chi connectivity index (χ2n) is 9.52. The summed E-state index contributed by atoms with van der Waals surface area (Å²) in [7, 11) is 0. The Morgan fingerprint density at radius 2 is 1.68 bits per heavy atom. The molecular weight excluding hydrogens is 468 g/mol. The predicted molar refractivity (Wildman–Crippen MR) is 139 cm³/mol. The number of hydrogen-bond acceptors (Lipinski definition) is 5. The number of benzene rings is 4. The highest BCUT2D eigenvalue weighted by Gasteiger charge is 2.44. The third kappa shape index (κ3) is 4.08. The summed E-state index contributed by atoms with van der Waals surface area (Å²) in [4.78, 5) is 22.5. The zero-order chi connectivity index (χ0) is 25.5. The maximum absolute atomic E-state index is 12.0. The summed E-state index contributed by atoms with van der Waals surface area (Å²) in [6.07, 6.45) is 0.910. The zero-order valence-corrected chi connectivity index (χ0v) is 19.8. The summed E-state index contributed by atoms with van der Waals surface area (Å²) in [5, 5.41) is 24.3. The lowest BCUT2D eigenvalue weighted by Gasteiger charge is -2.38. The number of carbonyl (C=O) groups is 1. The normalized spacial score (nSPS) is 19.2. The molecule has 0 radical (unpaired) electrons. The molecule has 0 bridgehead atoms. The van der Waals surface area contributed by atoms with Crippen molar-refractivity contribution in [2.45, 2.75) is 25.0 Å². The number of rotatable bonds is 6. The molecule has 0 saturated heterocycles. The zero-order valence-electron chi connectivity index (χ0n) is 19.8. The molecule has 0 aromatic heterocycles. The van der Waals surface area contributed by atoms with Crippen molar-refractivity contribution < 1.29 is 19.6 Å². The third-order valence-corrected chi connectivity index (χ3v) is 7.46. The minimum Gasteiger partial charge on any atom is -0.489 e. The monoisotopic (exact) mass is 492 g/mol. The topological polar surface area (TPSA) is 102 Å². The molecule has 4 aromatic rings. The molecule has 2 N–H and O–H groups in total. The maximum atomic E-state index is 12.0. The van der Waals surface area contributed by atoms with E-state index in [-0.39, 0.29) is 29.1 Å². The summed E-state index contributed by atoms with van der Waals surface area (Å²) in [6.45, 7) is 0.300. The van der Waals surface area contributed by atoms with Crippen molar-refractivity contribution in [1.29, 1.82) is 0 Å². The van der Waals surface area contributed by atoms with Crippen molar-refractivity contribution in [2.75, 3.05) is 5.32 Å². The Kier molecular flexibility index (Phi) is 5.60. The Balaban J connectivity index is 1.28. The van der Waals surface area contributed by atoms with E-state index in [9.17, 15) is 20.0 Å². The van der Waals surface area contributed by atoms with E-state index in [2.05, 4.69) is 29.6 Å². The first-order valence-electron chi connectivity index (χ1n) is 12.2. The van der Waals surface area contributed by atoms with E-state index in [1.165, 1.54) is 23.3 Å². The first-order chi connectivity index (χ1) is 18.0. The van der Waals surface area contributed by atoms with Gasteiger partial charge in [0.15, 0.2) is 0 Å². The number of hydrogen-bond donors (Lipinski definition) is 2. The van der Waals surface area contributed by atoms with Crippen LogP contribution in [-0.2, 0) is 13.0 Å². The molecular formula is C30H24N2O5. The van der Waals surface area contributed by atoms with E-state index in [0.29, 0.717) is 18.0 Å². The average molecular weight is 493 g/mol. The largest absolute Gasteiger partial charge is 0.489 e. The smallest absolute Gasteiger partial charge is 0.337 e. The van der Waals surface area contributed by atoms with E-state index < -0.39 is 10.9 Å². The van der Waals surface area contributed by atoms with Gasteiger partial charge < -0.3 is 15.2 Å². The molecule has 4 aromatic carbocycles. The minimum atomic E-state index is -0.942. The van der Waals surface area contributed by atoms with Crippen molar-refractivity contribution in [3.05, 3.63) is 134 Å². The lowest BCUT2D eigenvalue weighted by molar-refractivity contribution is -0.384. The number of carboxylic acid groups (broad SMARTS) is 1. The molecule has 2 aliphatic rings. The number of nitro groups is 1. The summed E-state index contributed by atoms with van der Waals surface area (Å²) < 4.78 is 5.91. The Labute approximate surface area is 213 Å². The van der Waals surface area contributed by atoms with Gasteiger partial charge >= 0.3 is 5.97 Å². The Hall–Kier alpha value is -4.65. The highest BCUT2D eigenvalue weighted by Crippen LogP contribution is 2.54. The van der Waals surface area contributed by atoms with Crippen LogP contribution in [0.5, 0.6) is 5.75 Å². The fourth-order valence-corrected chi connectivity index (χ4v) is 5.75. The van der Waals surface area contributed by atoms with Crippen LogP contribution >= 0.6 is 0 Å². The molecule has 1 heterocycles. The fourth-order valence-electron chi connectivity index (χ4n) is 5.75. The second kappa shape index (κ2) is 9.09. The molecule has 3 atom stereocenters. The van der Waals surface area contributed by atoms with Crippen molar-refractivity contribution in [2.24, 2.45) is 5.92 Å². The van der Waals surface area contributed by atoms with Crippen LogP contribution in [0.1, 0.15) is 50.1 Å². The van der Waals surface area contributed by atoms with Crippen LogP contribution in [0.3, 0.4) is 0 Å². The van der Waals surface area contributed by atoms with Gasteiger partial charge in [-0.1, -0.05) is 48.5 Å². The van der Waals surface area contributed by atoms with Gasteiger partial charge in [-0.25, -0.2) is 4.79 Å². The number of anilines is 1. The lowest BCUT2D eigenvalue weighted by Crippen LogP contribution is -2.31. The Morgan fingerprint density at radius 3 is 2.41 bits per heavy atom. The number of ether oxygens (including phenoxy) is 1. The van der Waals surface area contributed by atoms with Crippen LogP contribution in [0, 0.1) is 16.0 Å². The molecule has 0 fully saturated rings. The molecule has 184 valence electrons. The van der Waals surface area contributed by atoms with Crippen molar-refractivity contribution >= 4 is 17.3 Å². The van der Waals surface area contributed by atoms with E-state index in [4.69, 9.17) is 4.74 Å². The van der Waals surface area contributed by atoms with Gasteiger partial charge in [-0.2, -0.15) is 0 Å². The van der Waals surface area contributed by atoms with E-state index in [1.807, 2.05) is 36.4 Å². The van der Waals surface area contributed by atoms with Gasteiger partial charge in [0.25, 0.3) is 5.69 Å². The molecule has 37 heavy (non-hydrogen) atoms. The quantitative estimate of drug-likeness (QED) is 0.240. The highest BCUT2D eigenvalue weighted by molar-refractivity contribution is 5.96. The van der Waals surface area contributed by atoms with Crippen LogP contribution in [0.4, 0.5) is 11.4 Å². The van der Waals surface area contributed by atoms with Gasteiger partial charge in [-0.05, 0) is 70.5 Å². The number of para-hydroxylation sites is 1. The molecule has 1 aliphatic carbocycles. The van der Waals surface area contributed by atoms with Gasteiger partial charge in [-0.15, -0.1) is 0 Å². The van der Waals surface area contributed by atoms with Gasteiger partial charge in [0, 0.05) is 18.1 Å². The summed E-state index contributed by atoms with van der Waals surface area (Å²) in [5.74, 6) is 0.120. The number of carboxylic acids is 1. The Morgan fingerprint density at radius 1 is 0.946 bits per heavy atom. The lowest BCUT2D eigenvalue weighted by atomic mass is 9.75. The molecule has 0 amide bonds. The van der Waals surface area contributed by atoms with Crippen LogP contribution < -0.4 is 10.1 Å². The fraction of sp³-hybridized carbons (Fsp3) is 0.167. The predicted octanol–water partition coefficient (Wildman–Crippen LogP) is 6.34. The third-order valence-electron chi connectivity index (χ3n) is 7.46. The van der Waals surface area contributed by atoms with Gasteiger partial charge in [0.2, 0.25) is 0 Å². The van der Waals surface area contributed by atoms with Crippen LogP contribution in [-0.4, -0.2) is 16.0 Å². The summed E-state index contributed by atoms with van der Waals surface area (Å²) in [6, 6.07) is 28.1. The van der Waals surface area contributed by atoms with E-state index in [1.54, 1.807) is 18.2 Å². The van der Waals surface area contributed by atoms with Gasteiger partial charge in [0.05, 0.1) is 22.2 Å². The van der Waals surface area contributed by atoms with Crippen LogP contribution in [0.2, 0.25) is 0 Å². The maximum Gasteiger partial charge on any atom is 0.337 e. The number of non-ortho nitro benzene ring substituents is 1. The van der Waals surface area contributed by atoms with Crippen molar-refractivity contribution in [1.82, 2.24) is 0 Å². The number of nitro benzene ring substituents is 1. The van der Waals surface area contributed by atoms with Crippen molar-refractivity contribution in [3.8, 4) is 5.75 Å². The molecule has 6 rings (SSSR count). The number of nitrogens with zero attached hydrogens (tertiary/aromatic N) is 1. The molecule has 0 unspecified atom stereocenters. The van der Waals surface area contributed by atoms with E-state index in [0.717, 1.165) is 23.1 Å². The second-order valence-corrected chi connectivity index (χ2v) is 9.52. The molecule has 0 saturated carbocycles. The minimum absolute atomic E-state index is 0.0491. The van der Waals surface area contributed by atoms with Gasteiger partial charge in [-0.3, -0.25) is 10.1 Å². The molecule has 1 aliphatic heterocycles. The SMILES string of the molecule is O=C(O)c1cccc2c1N[C@H](c1ccc(OCc3ccc([N+](=O)[O-])cc3)cc1)[C@H]1Cc3ccccc3[C@@H]21. The summed E-state index contributed by atoms with van der Waals surface area (Å²) >= 11 is 0. The number of aromatic carboxylic acids is 1. The molecule has 7 heteroatoms. The highest BCUT2D eigenvalue weighted by atomic mass is 16.6. The molecule has 0 spiro atoms.